The van der Waals surface area contributed by atoms with Crippen molar-refractivity contribution in [2.24, 2.45) is 5.73 Å². The third kappa shape index (κ3) is 5.66. The molecule has 2 N–H and O–H groups in total. The minimum Gasteiger partial charge on any atom is -0.466 e. The number of aryl methyl sites for hydroxylation is 1. The maximum absolute atomic E-state index is 12.7. The van der Waals surface area contributed by atoms with Gasteiger partial charge in [-0.2, -0.15) is 0 Å². The lowest BCUT2D eigenvalue weighted by Crippen LogP contribution is -2.27. The predicted molar refractivity (Wildman–Crippen MR) is 73.1 cm³/mol. The highest BCUT2D eigenvalue weighted by Crippen LogP contribution is 2.13. The van der Waals surface area contributed by atoms with E-state index in [2.05, 4.69) is 6.58 Å². The van der Waals surface area contributed by atoms with Crippen LogP contribution >= 0.6 is 0 Å². The second kappa shape index (κ2) is 7.69. The largest absolute Gasteiger partial charge is 0.466 e. The Morgan fingerprint density at radius 2 is 2.05 bits per heavy atom. The Morgan fingerprint density at radius 1 is 1.42 bits per heavy atom. The lowest BCUT2D eigenvalue weighted by atomic mass is 9.99. The topological polar surface area (TPSA) is 52.3 Å². The van der Waals surface area contributed by atoms with E-state index in [4.69, 9.17) is 10.5 Å². The van der Waals surface area contributed by atoms with E-state index in [1.165, 1.54) is 12.1 Å². The van der Waals surface area contributed by atoms with Gasteiger partial charge in [0, 0.05) is 6.04 Å². The van der Waals surface area contributed by atoms with E-state index in [0.29, 0.717) is 13.0 Å². The van der Waals surface area contributed by atoms with Crippen molar-refractivity contribution in [1.82, 2.24) is 0 Å². The first-order chi connectivity index (χ1) is 9.02. The normalized spacial score (nSPS) is 11.9. The molecule has 1 aromatic rings. The van der Waals surface area contributed by atoms with Crippen LogP contribution in [0, 0.1) is 5.82 Å². The van der Waals surface area contributed by atoms with E-state index in [9.17, 15) is 9.18 Å². The quantitative estimate of drug-likeness (QED) is 0.609. The molecule has 0 aromatic heterocycles. The average molecular weight is 265 g/mol. The molecule has 4 heteroatoms. The molecule has 1 rings (SSSR count). The number of ether oxygens (including phenoxy) is 1. The van der Waals surface area contributed by atoms with Crippen molar-refractivity contribution < 1.29 is 13.9 Å². The van der Waals surface area contributed by atoms with Gasteiger partial charge in [-0.3, -0.25) is 4.79 Å². The number of hydrogen-bond donors (Lipinski definition) is 1. The minimum absolute atomic E-state index is 0.149. The standard InChI is InChI=1S/C15H20FNO2/c1-3-19-15(18)10-14(17)11(2)4-5-12-6-8-13(16)9-7-12/h6-9,14H,2-5,10,17H2,1H3. The highest BCUT2D eigenvalue weighted by atomic mass is 19.1. The molecule has 19 heavy (non-hydrogen) atoms. The van der Waals surface area contributed by atoms with Crippen LogP contribution in [0.15, 0.2) is 36.4 Å². The van der Waals surface area contributed by atoms with Gasteiger partial charge in [-0.1, -0.05) is 24.3 Å². The van der Waals surface area contributed by atoms with E-state index in [-0.39, 0.29) is 24.2 Å². The van der Waals surface area contributed by atoms with Gasteiger partial charge in [0.1, 0.15) is 5.82 Å². The van der Waals surface area contributed by atoms with Crippen molar-refractivity contribution in [1.29, 1.82) is 0 Å². The molecular weight excluding hydrogens is 245 g/mol. The van der Waals surface area contributed by atoms with Crippen LogP contribution < -0.4 is 5.73 Å². The van der Waals surface area contributed by atoms with E-state index < -0.39 is 0 Å². The molecule has 1 atom stereocenters. The summed E-state index contributed by atoms with van der Waals surface area (Å²) in [4.78, 5) is 11.3. The molecule has 1 aromatic carbocycles. The van der Waals surface area contributed by atoms with Crippen LogP contribution in [0.1, 0.15) is 25.3 Å². The second-order valence-electron chi connectivity index (χ2n) is 4.40. The molecule has 0 saturated carbocycles. The number of nitrogens with two attached hydrogens (primary N) is 1. The minimum atomic E-state index is -0.389. The Bertz CT molecular complexity index is 428. The smallest absolute Gasteiger partial charge is 0.307 e. The summed E-state index contributed by atoms with van der Waals surface area (Å²) in [7, 11) is 0. The highest BCUT2D eigenvalue weighted by molar-refractivity contribution is 5.70. The first-order valence-electron chi connectivity index (χ1n) is 6.36. The summed E-state index contributed by atoms with van der Waals surface area (Å²) in [5.41, 5.74) is 7.70. The van der Waals surface area contributed by atoms with Gasteiger partial charge in [-0.25, -0.2) is 4.39 Å². The Morgan fingerprint density at radius 3 is 2.63 bits per heavy atom. The fourth-order valence-corrected chi connectivity index (χ4v) is 1.69. The van der Waals surface area contributed by atoms with Gasteiger partial charge >= 0.3 is 5.97 Å². The Balaban J connectivity index is 2.38. The molecule has 0 radical (unpaired) electrons. The molecule has 1 unspecified atom stereocenters. The van der Waals surface area contributed by atoms with Gasteiger partial charge in [0.05, 0.1) is 13.0 Å². The molecule has 0 aliphatic carbocycles. The summed E-state index contributed by atoms with van der Waals surface area (Å²) in [5.74, 6) is -0.556. The molecular formula is C15H20FNO2. The molecule has 0 aliphatic heterocycles. The third-order valence-electron chi connectivity index (χ3n) is 2.86. The van der Waals surface area contributed by atoms with Crippen molar-refractivity contribution in [3.05, 3.63) is 47.8 Å². The first-order valence-corrected chi connectivity index (χ1v) is 6.36. The van der Waals surface area contributed by atoms with Crippen LogP contribution in [0.25, 0.3) is 0 Å². The maximum atomic E-state index is 12.7. The van der Waals surface area contributed by atoms with Crippen LogP contribution in [-0.4, -0.2) is 18.6 Å². The van der Waals surface area contributed by atoms with Crippen LogP contribution in [0.3, 0.4) is 0 Å². The van der Waals surface area contributed by atoms with Gasteiger partial charge in [-0.05, 0) is 37.5 Å². The zero-order chi connectivity index (χ0) is 14.3. The zero-order valence-electron chi connectivity index (χ0n) is 11.2. The molecule has 0 heterocycles. The van der Waals surface area contributed by atoms with Crippen molar-refractivity contribution in [3.8, 4) is 0 Å². The Labute approximate surface area is 113 Å². The SMILES string of the molecule is C=C(CCc1ccc(F)cc1)C(N)CC(=O)OCC. The maximum Gasteiger partial charge on any atom is 0.307 e. The summed E-state index contributed by atoms with van der Waals surface area (Å²) >= 11 is 0. The van der Waals surface area contributed by atoms with Gasteiger partial charge in [0.25, 0.3) is 0 Å². The second-order valence-corrected chi connectivity index (χ2v) is 4.40. The van der Waals surface area contributed by atoms with Crippen molar-refractivity contribution in [2.45, 2.75) is 32.2 Å². The molecule has 0 amide bonds. The number of esters is 1. The van der Waals surface area contributed by atoms with Crippen molar-refractivity contribution in [2.75, 3.05) is 6.61 Å². The first kappa shape index (κ1) is 15.4. The number of carbonyl (C=O) groups excluding carboxylic acids is 1. The number of carbonyl (C=O) groups is 1. The molecule has 0 saturated heterocycles. The van der Waals surface area contributed by atoms with Crippen LogP contribution in [0.2, 0.25) is 0 Å². The lowest BCUT2D eigenvalue weighted by Gasteiger charge is -2.14. The highest BCUT2D eigenvalue weighted by Gasteiger charge is 2.13. The molecule has 0 bridgehead atoms. The van der Waals surface area contributed by atoms with Gasteiger partial charge < -0.3 is 10.5 Å². The Kier molecular flexibility index (Phi) is 6.22. The average Bonchev–Trinajstić information content (AvgIpc) is 2.37. The van der Waals surface area contributed by atoms with Crippen LogP contribution in [0.4, 0.5) is 4.39 Å². The molecule has 104 valence electrons. The number of halogens is 1. The van der Waals surface area contributed by atoms with Crippen molar-refractivity contribution in [3.63, 3.8) is 0 Å². The monoisotopic (exact) mass is 265 g/mol. The van der Waals surface area contributed by atoms with E-state index in [0.717, 1.165) is 17.6 Å². The van der Waals surface area contributed by atoms with E-state index >= 15 is 0 Å². The predicted octanol–water partition coefficient (Wildman–Crippen LogP) is 2.60. The number of hydrogen-bond acceptors (Lipinski definition) is 3. The molecule has 0 aliphatic rings. The fourth-order valence-electron chi connectivity index (χ4n) is 1.69. The van der Waals surface area contributed by atoms with Gasteiger partial charge in [0.15, 0.2) is 0 Å². The van der Waals surface area contributed by atoms with Gasteiger partial charge in [0.2, 0.25) is 0 Å². The van der Waals surface area contributed by atoms with Gasteiger partial charge in [-0.15, -0.1) is 0 Å². The molecule has 3 nitrogen and oxygen atoms in total. The summed E-state index contributed by atoms with van der Waals surface area (Å²) < 4.78 is 17.6. The summed E-state index contributed by atoms with van der Waals surface area (Å²) in [6.45, 7) is 6.01. The van der Waals surface area contributed by atoms with Crippen LogP contribution in [-0.2, 0) is 16.0 Å². The third-order valence-corrected chi connectivity index (χ3v) is 2.86. The molecule has 0 fully saturated rings. The number of rotatable bonds is 7. The van der Waals surface area contributed by atoms with E-state index in [1.54, 1.807) is 19.1 Å². The Hall–Kier alpha value is -1.68. The van der Waals surface area contributed by atoms with Crippen molar-refractivity contribution >= 4 is 5.97 Å². The fraction of sp³-hybridized carbons (Fsp3) is 0.400. The number of benzene rings is 1. The summed E-state index contributed by atoms with van der Waals surface area (Å²) in [6, 6.07) is 5.94. The summed E-state index contributed by atoms with van der Waals surface area (Å²) in [5, 5.41) is 0. The molecule has 0 spiro atoms. The van der Waals surface area contributed by atoms with E-state index in [1.807, 2.05) is 0 Å². The summed E-state index contributed by atoms with van der Waals surface area (Å²) in [6.07, 6.45) is 1.55. The van der Waals surface area contributed by atoms with Crippen LogP contribution in [0.5, 0.6) is 0 Å². The zero-order valence-corrected chi connectivity index (χ0v) is 11.2. The lowest BCUT2D eigenvalue weighted by molar-refractivity contribution is -0.143.